The molecule has 0 spiro atoms. The Kier molecular flexibility index (Phi) is 4.97. The molecule has 0 amide bonds. The van der Waals surface area contributed by atoms with E-state index in [0.717, 1.165) is 21.2 Å². The van der Waals surface area contributed by atoms with Gasteiger partial charge in [0.05, 0.1) is 0 Å². The molecule has 0 aromatic heterocycles. The van der Waals surface area contributed by atoms with E-state index in [1.807, 2.05) is 67.7 Å². The molecule has 2 nitrogen and oxygen atoms in total. The summed E-state index contributed by atoms with van der Waals surface area (Å²) in [5.74, 6) is 0.0111. The SMILES string of the molecule is CN(c1ccc(S)cc1)c1ccc(C(=O)c2ccc(S)cc2)cc1. The van der Waals surface area contributed by atoms with E-state index in [1.165, 1.54) is 0 Å². The maximum atomic E-state index is 12.5. The quantitative estimate of drug-likeness (QED) is 0.494. The lowest BCUT2D eigenvalue weighted by molar-refractivity contribution is 0.103. The third-order valence-electron chi connectivity index (χ3n) is 3.88. The molecule has 4 heteroatoms. The van der Waals surface area contributed by atoms with E-state index in [9.17, 15) is 4.79 Å². The fourth-order valence-electron chi connectivity index (χ4n) is 2.44. The normalized spacial score (nSPS) is 10.5. The molecule has 0 unspecified atom stereocenters. The zero-order valence-corrected chi connectivity index (χ0v) is 15.0. The first kappa shape index (κ1) is 16.7. The van der Waals surface area contributed by atoms with Crippen molar-refractivity contribution < 1.29 is 4.79 Å². The van der Waals surface area contributed by atoms with Gasteiger partial charge in [0, 0.05) is 39.3 Å². The van der Waals surface area contributed by atoms with Crippen LogP contribution in [0, 0.1) is 0 Å². The third kappa shape index (κ3) is 3.66. The Bertz CT molecular complexity index is 840. The number of hydrogen-bond acceptors (Lipinski definition) is 4. The molecule has 3 aromatic rings. The van der Waals surface area contributed by atoms with Gasteiger partial charge in [-0.15, -0.1) is 25.3 Å². The summed E-state index contributed by atoms with van der Waals surface area (Å²) in [5.41, 5.74) is 3.42. The molecular formula is C20H17NOS2. The maximum absolute atomic E-state index is 12.5. The van der Waals surface area contributed by atoms with Gasteiger partial charge in [-0.25, -0.2) is 0 Å². The summed E-state index contributed by atoms with van der Waals surface area (Å²) in [6, 6.07) is 22.8. The van der Waals surface area contributed by atoms with Crippen molar-refractivity contribution in [2.45, 2.75) is 9.79 Å². The van der Waals surface area contributed by atoms with Crippen molar-refractivity contribution in [3.63, 3.8) is 0 Å². The molecule has 0 saturated heterocycles. The molecule has 0 atom stereocenters. The summed E-state index contributed by atoms with van der Waals surface area (Å²) in [5, 5.41) is 0. The van der Waals surface area contributed by atoms with Gasteiger partial charge in [-0.2, -0.15) is 0 Å². The average Bonchev–Trinajstić information content (AvgIpc) is 2.62. The van der Waals surface area contributed by atoms with Crippen LogP contribution >= 0.6 is 25.3 Å². The van der Waals surface area contributed by atoms with Gasteiger partial charge in [0.25, 0.3) is 0 Å². The Morgan fingerprint density at radius 2 is 1.00 bits per heavy atom. The Labute approximate surface area is 153 Å². The van der Waals surface area contributed by atoms with Crippen LogP contribution in [0.5, 0.6) is 0 Å². The summed E-state index contributed by atoms with van der Waals surface area (Å²) in [6.45, 7) is 0. The number of anilines is 2. The van der Waals surface area contributed by atoms with Crippen molar-refractivity contribution in [2.75, 3.05) is 11.9 Å². The van der Waals surface area contributed by atoms with Gasteiger partial charge in [-0.1, -0.05) is 0 Å². The second-order valence-electron chi connectivity index (χ2n) is 5.50. The lowest BCUT2D eigenvalue weighted by Crippen LogP contribution is -2.09. The minimum absolute atomic E-state index is 0.0111. The molecule has 0 N–H and O–H groups in total. The first-order chi connectivity index (χ1) is 11.5. The van der Waals surface area contributed by atoms with E-state index in [0.29, 0.717) is 11.1 Å². The molecule has 24 heavy (non-hydrogen) atoms. The highest BCUT2D eigenvalue weighted by molar-refractivity contribution is 7.80. The van der Waals surface area contributed by atoms with Gasteiger partial charge < -0.3 is 4.90 Å². The highest BCUT2D eigenvalue weighted by Crippen LogP contribution is 2.25. The van der Waals surface area contributed by atoms with Crippen molar-refractivity contribution in [3.8, 4) is 0 Å². The fraction of sp³-hybridized carbons (Fsp3) is 0.0500. The number of rotatable bonds is 4. The van der Waals surface area contributed by atoms with Crippen LogP contribution in [0.2, 0.25) is 0 Å². The van der Waals surface area contributed by atoms with E-state index in [2.05, 4.69) is 30.2 Å². The predicted octanol–water partition coefficient (Wildman–Crippen LogP) is 5.26. The molecule has 0 bridgehead atoms. The van der Waals surface area contributed by atoms with Crippen LogP contribution in [-0.4, -0.2) is 12.8 Å². The van der Waals surface area contributed by atoms with E-state index in [-0.39, 0.29) is 5.78 Å². The van der Waals surface area contributed by atoms with E-state index >= 15 is 0 Å². The summed E-state index contributed by atoms with van der Waals surface area (Å²) in [4.78, 5) is 16.3. The lowest BCUT2D eigenvalue weighted by atomic mass is 10.0. The van der Waals surface area contributed by atoms with Crippen molar-refractivity contribution in [1.29, 1.82) is 0 Å². The Hall–Kier alpha value is -2.17. The molecule has 0 radical (unpaired) electrons. The largest absolute Gasteiger partial charge is 0.345 e. The molecular weight excluding hydrogens is 334 g/mol. The van der Waals surface area contributed by atoms with Gasteiger partial charge in [-0.05, 0) is 72.8 Å². The van der Waals surface area contributed by atoms with E-state index in [4.69, 9.17) is 0 Å². The van der Waals surface area contributed by atoms with Crippen molar-refractivity contribution >= 4 is 42.4 Å². The number of hydrogen-bond donors (Lipinski definition) is 2. The van der Waals surface area contributed by atoms with Crippen molar-refractivity contribution in [3.05, 3.63) is 83.9 Å². The summed E-state index contributed by atoms with van der Waals surface area (Å²) < 4.78 is 0. The predicted molar refractivity (Wildman–Crippen MR) is 105 cm³/mol. The van der Waals surface area contributed by atoms with Gasteiger partial charge in [-0.3, -0.25) is 4.79 Å². The lowest BCUT2D eigenvalue weighted by Gasteiger charge is -2.19. The minimum atomic E-state index is 0.0111. The molecule has 3 aromatic carbocycles. The van der Waals surface area contributed by atoms with E-state index in [1.54, 1.807) is 12.1 Å². The number of carbonyl (C=O) groups is 1. The molecule has 0 saturated carbocycles. The topological polar surface area (TPSA) is 20.3 Å². The van der Waals surface area contributed by atoms with Crippen molar-refractivity contribution in [1.82, 2.24) is 0 Å². The van der Waals surface area contributed by atoms with Gasteiger partial charge >= 0.3 is 0 Å². The first-order valence-corrected chi connectivity index (χ1v) is 8.40. The van der Waals surface area contributed by atoms with Crippen LogP contribution in [-0.2, 0) is 0 Å². The molecule has 0 fully saturated rings. The molecule has 0 aliphatic carbocycles. The van der Waals surface area contributed by atoms with Crippen LogP contribution < -0.4 is 4.90 Å². The zero-order valence-electron chi connectivity index (χ0n) is 13.2. The van der Waals surface area contributed by atoms with Crippen LogP contribution in [0.15, 0.2) is 82.6 Å². The molecule has 3 rings (SSSR count). The smallest absolute Gasteiger partial charge is 0.193 e. The summed E-state index contributed by atoms with van der Waals surface area (Å²) in [6.07, 6.45) is 0. The second kappa shape index (κ2) is 7.16. The average molecular weight is 351 g/mol. The van der Waals surface area contributed by atoms with Crippen LogP contribution in [0.4, 0.5) is 11.4 Å². The van der Waals surface area contributed by atoms with E-state index < -0.39 is 0 Å². The van der Waals surface area contributed by atoms with Gasteiger partial charge in [0.2, 0.25) is 0 Å². The number of thiol groups is 2. The fourth-order valence-corrected chi connectivity index (χ4v) is 2.74. The van der Waals surface area contributed by atoms with Crippen LogP contribution in [0.25, 0.3) is 0 Å². The van der Waals surface area contributed by atoms with Gasteiger partial charge in [0.1, 0.15) is 0 Å². The molecule has 0 heterocycles. The number of carbonyl (C=O) groups excluding carboxylic acids is 1. The van der Waals surface area contributed by atoms with Gasteiger partial charge in [0.15, 0.2) is 5.78 Å². The minimum Gasteiger partial charge on any atom is -0.345 e. The Balaban J connectivity index is 1.81. The van der Waals surface area contributed by atoms with Crippen molar-refractivity contribution in [2.24, 2.45) is 0 Å². The Morgan fingerprint density at radius 3 is 1.46 bits per heavy atom. The maximum Gasteiger partial charge on any atom is 0.193 e. The third-order valence-corrected chi connectivity index (χ3v) is 4.48. The Morgan fingerprint density at radius 1 is 0.667 bits per heavy atom. The van der Waals surface area contributed by atoms with Crippen LogP contribution in [0.3, 0.4) is 0 Å². The summed E-state index contributed by atoms with van der Waals surface area (Å²) >= 11 is 8.55. The highest BCUT2D eigenvalue weighted by atomic mass is 32.1. The zero-order chi connectivity index (χ0) is 17.1. The first-order valence-electron chi connectivity index (χ1n) is 7.51. The second-order valence-corrected chi connectivity index (χ2v) is 6.53. The molecule has 0 aliphatic rings. The van der Waals surface area contributed by atoms with Crippen LogP contribution in [0.1, 0.15) is 15.9 Å². The molecule has 120 valence electrons. The summed E-state index contributed by atoms with van der Waals surface area (Å²) in [7, 11) is 2.00. The number of benzene rings is 3. The standard InChI is InChI=1S/C20H17NOS2/c1-21(17-8-12-19(24)13-9-17)16-6-2-14(3-7-16)20(22)15-4-10-18(23)11-5-15/h2-13,23-24H,1H3. The number of nitrogens with zero attached hydrogens (tertiary/aromatic N) is 1. The molecule has 0 aliphatic heterocycles. The highest BCUT2D eigenvalue weighted by Gasteiger charge is 2.10. The number of ketones is 1. The monoisotopic (exact) mass is 351 g/mol.